The van der Waals surface area contributed by atoms with E-state index in [-0.39, 0.29) is 12.4 Å². The minimum absolute atomic E-state index is 0.190. The molecule has 2 N–H and O–H groups in total. The molecule has 0 aliphatic heterocycles. The molecule has 0 saturated heterocycles. The maximum Gasteiger partial charge on any atom is 0.339 e. The van der Waals surface area contributed by atoms with E-state index in [2.05, 4.69) is 23.7 Å². The summed E-state index contributed by atoms with van der Waals surface area (Å²) in [4.78, 5) is 26.0. The number of ether oxygens (including phenoxy) is 1. The Bertz CT molecular complexity index is 1370. The fourth-order valence-corrected chi connectivity index (χ4v) is 3.61. The summed E-state index contributed by atoms with van der Waals surface area (Å²) in [7, 11) is 0. The summed E-state index contributed by atoms with van der Waals surface area (Å²) in [5.74, 6) is 0.194. The first kappa shape index (κ1) is 27.0. The number of hydrogen-bond donors (Lipinski definition) is 1. The van der Waals surface area contributed by atoms with Gasteiger partial charge in [-0.05, 0) is 49.1 Å². The van der Waals surface area contributed by atoms with Crippen LogP contribution < -0.4 is 5.73 Å². The molecule has 0 atom stereocenters. The summed E-state index contributed by atoms with van der Waals surface area (Å²) >= 11 is 0. The van der Waals surface area contributed by atoms with Crippen molar-refractivity contribution in [2.45, 2.75) is 20.8 Å². The molecule has 0 aliphatic carbocycles. The lowest BCUT2D eigenvalue weighted by Crippen LogP contribution is -2.19. The van der Waals surface area contributed by atoms with Crippen LogP contribution >= 0.6 is 0 Å². The lowest BCUT2D eigenvalue weighted by molar-refractivity contribution is 0.0526. The van der Waals surface area contributed by atoms with Crippen LogP contribution in [0.4, 0.5) is 0 Å². The summed E-state index contributed by atoms with van der Waals surface area (Å²) in [6, 6.07) is 17.8. The third kappa shape index (κ3) is 7.45. The Morgan fingerprint density at radius 3 is 2.57 bits per heavy atom. The second-order valence-corrected chi connectivity index (χ2v) is 8.23. The second kappa shape index (κ2) is 13.5. The van der Waals surface area contributed by atoms with Crippen molar-refractivity contribution in [1.82, 2.24) is 4.98 Å². The van der Waals surface area contributed by atoms with Crippen LogP contribution in [0.25, 0.3) is 11.1 Å². The fourth-order valence-electron chi connectivity index (χ4n) is 3.61. The number of pyridine rings is 1. The first-order valence-corrected chi connectivity index (χ1v) is 12.1. The second-order valence-electron chi connectivity index (χ2n) is 8.23. The van der Waals surface area contributed by atoms with Crippen LogP contribution in [0, 0.1) is 6.92 Å². The summed E-state index contributed by atoms with van der Waals surface area (Å²) in [5.41, 5.74) is 12.0. The molecule has 0 unspecified atom stereocenters. The van der Waals surface area contributed by atoms with Crippen molar-refractivity contribution in [1.29, 1.82) is 0 Å². The first-order valence-electron chi connectivity index (χ1n) is 12.1. The summed E-state index contributed by atoms with van der Waals surface area (Å²) in [6.45, 7) is 10.4. The molecule has 1 aromatic heterocycles. The number of carbonyl (C=O) groups excluding carboxylic acids is 1. The topological polar surface area (TPSA) is 89.9 Å². The largest absolute Gasteiger partial charge is 0.462 e. The van der Waals surface area contributed by atoms with Crippen molar-refractivity contribution in [2.75, 3.05) is 13.2 Å². The normalized spacial score (nSPS) is 12.3. The number of aryl methyl sites for hydroxylation is 1. The third-order valence-electron chi connectivity index (χ3n) is 5.42. The van der Waals surface area contributed by atoms with Gasteiger partial charge in [-0.2, -0.15) is 0 Å². The van der Waals surface area contributed by atoms with Gasteiger partial charge >= 0.3 is 5.97 Å². The summed E-state index contributed by atoms with van der Waals surface area (Å²) < 4.78 is 5.09. The van der Waals surface area contributed by atoms with Gasteiger partial charge in [0.1, 0.15) is 5.84 Å². The summed E-state index contributed by atoms with van der Waals surface area (Å²) in [5, 5.41) is 0. The number of aliphatic imine (C=N–C) groups is 2. The Morgan fingerprint density at radius 2 is 1.84 bits per heavy atom. The van der Waals surface area contributed by atoms with Gasteiger partial charge in [0.05, 0.1) is 18.7 Å². The van der Waals surface area contributed by atoms with Gasteiger partial charge in [-0.25, -0.2) is 9.79 Å². The standard InChI is InChI=1S/C31H32N4O2/c1-5-7-9-13-22(3)19-34-30(28-23(4)14-12-17-27(28)24-15-10-8-11-16-24)35-29(32)25-18-26(21-33-20-25)31(36)37-6-2/h5,7-18,20-21H,3,6,19H2,1-2,4H3,(H2,32,34,35)/b7-5-,13-9-. The van der Waals surface area contributed by atoms with Crippen molar-refractivity contribution < 1.29 is 9.53 Å². The molecule has 0 fully saturated rings. The van der Waals surface area contributed by atoms with Crippen LogP contribution in [-0.2, 0) is 4.74 Å². The van der Waals surface area contributed by atoms with E-state index in [4.69, 9.17) is 20.5 Å². The van der Waals surface area contributed by atoms with Crippen LogP contribution in [0.5, 0.6) is 0 Å². The zero-order chi connectivity index (χ0) is 26.6. The average Bonchev–Trinajstić information content (AvgIpc) is 2.92. The number of benzene rings is 2. The quantitative estimate of drug-likeness (QED) is 0.170. The van der Waals surface area contributed by atoms with Gasteiger partial charge < -0.3 is 10.5 Å². The lowest BCUT2D eigenvalue weighted by Gasteiger charge is -2.14. The van der Waals surface area contributed by atoms with E-state index < -0.39 is 5.97 Å². The van der Waals surface area contributed by atoms with Gasteiger partial charge in [0, 0.05) is 23.5 Å². The predicted molar refractivity (Wildman–Crippen MR) is 152 cm³/mol. The fraction of sp³-hybridized carbons (Fsp3) is 0.161. The Kier molecular flexibility index (Phi) is 9.85. The van der Waals surface area contributed by atoms with Crippen LogP contribution in [0.15, 0.2) is 113 Å². The van der Waals surface area contributed by atoms with Crippen molar-refractivity contribution in [2.24, 2.45) is 15.7 Å². The van der Waals surface area contributed by atoms with Crippen LogP contribution in [0.1, 0.15) is 40.9 Å². The third-order valence-corrected chi connectivity index (χ3v) is 5.42. The van der Waals surface area contributed by atoms with E-state index in [0.29, 0.717) is 23.5 Å². The highest BCUT2D eigenvalue weighted by atomic mass is 16.5. The number of allylic oxidation sites excluding steroid dienone is 3. The number of rotatable bonds is 9. The molecule has 6 heteroatoms. The van der Waals surface area contributed by atoms with Gasteiger partial charge in [0.2, 0.25) is 0 Å². The molecule has 0 radical (unpaired) electrons. The Labute approximate surface area is 218 Å². The molecule has 188 valence electrons. The Balaban J connectivity index is 2.12. The SMILES string of the molecule is C=C(/C=C\C=C/C)CN=C(N=C(N)c1cncc(C(=O)OCC)c1)c1c(C)cccc1-c1ccccc1. The molecule has 0 amide bonds. The predicted octanol–water partition coefficient (Wildman–Crippen LogP) is 6.07. The van der Waals surface area contributed by atoms with Crippen molar-refractivity contribution >= 4 is 17.6 Å². The van der Waals surface area contributed by atoms with E-state index in [1.165, 1.54) is 6.20 Å². The highest BCUT2D eigenvalue weighted by Crippen LogP contribution is 2.27. The summed E-state index contributed by atoms with van der Waals surface area (Å²) in [6.07, 6.45) is 10.7. The monoisotopic (exact) mass is 492 g/mol. The maximum atomic E-state index is 12.2. The van der Waals surface area contributed by atoms with Gasteiger partial charge in [-0.3, -0.25) is 9.98 Å². The zero-order valence-electron chi connectivity index (χ0n) is 21.5. The van der Waals surface area contributed by atoms with Crippen LogP contribution in [0.3, 0.4) is 0 Å². The van der Waals surface area contributed by atoms with Gasteiger partial charge in [0.25, 0.3) is 0 Å². The van der Waals surface area contributed by atoms with Crippen molar-refractivity contribution in [3.05, 3.63) is 126 Å². The highest BCUT2D eigenvalue weighted by molar-refractivity contribution is 6.14. The van der Waals surface area contributed by atoms with Crippen molar-refractivity contribution in [3.63, 3.8) is 0 Å². The first-order chi connectivity index (χ1) is 17.9. The maximum absolute atomic E-state index is 12.2. The van der Waals surface area contributed by atoms with Crippen LogP contribution in [-0.4, -0.2) is 35.8 Å². The number of aromatic nitrogens is 1. The molecule has 3 rings (SSSR count). The zero-order valence-corrected chi connectivity index (χ0v) is 21.5. The molecular formula is C31H32N4O2. The number of nitrogens with two attached hydrogens (primary N) is 1. The van der Waals surface area contributed by atoms with Crippen LogP contribution in [0.2, 0.25) is 0 Å². The minimum Gasteiger partial charge on any atom is -0.462 e. The van der Waals surface area contributed by atoms with Gasteiger partial charge in [-0.15, -0.1) is 0 Å². The average molecular weight is 493 g/mol. The minimum atomic E-state index is -0.465. The molecule has 37 heavy (non-hydrogen) atoms. The molecule has 1 heterocycles. The lowest BCUT2D eigenvalue weighted by atomic mass is 9.95. The van der Waals surface area contributed by atoms with Gasteiger partial charge in [-0.1, -0.05) is 79.4 Å². The molecule has 6 nitrogen and oxygen atoms in total. The van der Waals surface area contributed by atoms with E-state index in [1.807, 2.05) is 74.5 Å². The molecule has 3 aromatic rings. The van der Waals surface area contributed by atoms with E-state index in [9.17, 15) is 4.79 Å². The van der Waals surface area contributed by atoms with Gasteiger partial charge in [0.15, 0.2) is 5.84 Å². The molecular weight excluding hydrogens is 460 g/mol. The van der Waals surface area contributed by atoms with E-state index >= 15 is 0 Å². The number of amidine groups is 2. The van der Waals surface area contributed by atoms with E-state index in [1.54, 1.807) is 19.2 Å². The highest BCUT2D eigenvalue weighted by Gasteiger charge is 2.16. The molecule has 0 spiro atoms. The number of carbonyl (C=O) groups is 1. The molecule has 0 aliphatic rings. The number of esters is 1. The Morgan fingerprint density at radius 1 is 1.08 bits per heavy atom. The van der Waals surface area contributed by atoms with E-state index in [0.717, 1.165) is 27.8 Å². The smallest absolute Gasteiger partial charge is 0.339 e. The molecule has 0 bridgehead atoms. The number of hydrogen-bond acceptors (Lipinski definition) is 4. The Hall–Kier alpha value is -4.58. The number of nitrogens with zero attached hydrogens (tertiary/aromatic N) is 3. The van der Waals surface area contributed by atoms with Crippen molar-refractivity contribution in [3.8, 4) is 11.1 Å². The molecule has 2 aromatic carbocycles. The molecule has 0 saturated carbocycles.